The summed E-state index contributed by atoms with van der Waals surface area (Å²) in [5.74, 6) is 0.543. The largest absolute Gasteiger partial charge is 0.394 e. The Balaban J connectivity index is 1.92. The summed E-state index contributed by atoms with van der Waals surface area (Å²) in [5.41, 5.74) is -0.162. The summed E-state index contributed by atoms with van der Waals surface area (Å²) in [6.07, 6.45) is 3.78. The van der Waals surface area contributed by atoms with Crippen LogP contribution in [0.2, 0.25) is 0 Å². The van der Waals surface area contributed by atoms with E-state index in [0.717, 1.165) is 19.3 Å². The van der Waals surface area contributed by atoms with Crippen LogP contribution in [0.5, 0.6) is 0 Å². The van der Waals surface area contributed by atoms with Gasteiger partial charge in [-0.25, -0.2) is 8.42 Å². The summed E-state index contributed by atoms with van der Waals surface area (Å²) < 4.78 is 22.4. The van der Waals surface area contributed by atoms with Gasteiger partial charge in [0, 0.05) is 11.6 Å². The monoisotopic (exact) mass is 219 g/mol. The Morgan fingerprint density at radius 3 is 2.50 bits per heavy atom. The van der Waals surface area contributed by atoms with Gasteiger partial charge in [-0.15, -0.1) is 0 Å². The minimum atomic E-state index is -2.80. The minimum Gasteiger partial charge on any atom is -0.394 e. The first-order chi connectivity index (χ1) is 6.55. The molecular weight excluding hydrogens is 202 g/mol. The summed E-state index contributed by atoms with van der Waals surface area (Å²) in [5, 5.41) is 12.5. The van der Waals surface area contributed by atoms with Crippen molar-refractivity contribution >= 4 is 9.84 Å². The normalized spacial score (nSPS) is 33.9. The highest BCUT2D eigenvalue weighted by atomic mass is 32.2. The summed E-state index contributed by atoms with van der Waals surface area (Å²) in [6.45, 7) is 0.129. The predicted molar refractivity (Wildman–Crippen MR) is 53.9 cm³/mol. The number of hydrogen-bond acceptors (Lipinski definition) is 4. The van der Waals surface area contributed by atoms with E-state index in [2.05, 4.69) is 5.32 Å². The second-order valence-corrected chi connectivity index (χ2v) is 6.77. The van der Waals surface area contributed by atoms with Crippen LogP contribution in [-0.4, -0.2) is 43.2 Å². The molecule has 0 amide bonds. The van der Waals surface area contributed by atoms with E-state index in [1.165, 1.54) is 0 Å². The molecule has 1 atom stereocenters. The van der Waals surface area contributed by atoms with E-state index in [4.69, 9.17) is 0 Å². The second kappa shape index (κ2) is 3.47. The highest BCUT2D eigenvalue weighted by Crippen LogP contribution is 2.32. The Labute approximate surface area is 84.6 Å². The highest BCUT2D eigenvalue weighted by Gasteiger charge is 2.40. The number of hydrogen-bond donors (Lipinski definition) is 2. The lowest BCUT2D eigenvalue weighted by atomic mass is 9.77. The van der Waals surface area contributed by atoms with E-state index in [1.807, 2.05) is 0 Å². The smallest absolute Gasteiger partial charge is 0.151 e. The van der Waals surface area contributed by atoms with Crippen LogP contribution in [0.3, 0.4) is 0 Å². The van der Waals surface area contributed by atoms with Gasteiger partial charge in [0.25, 0.3) is 0 Å². The van der Waals surface area contributed by atoms with Crippen LogP contribution >= 0.6 is 0 Å². The van der Waals surface area contributed by atoms with Crippen molar-refractivity contribution in [1.29, 1.82) is 0 Å². The standard InChI is InChI=1S/C9H17NO3S/c11-7-9(3-1-4-9)10-8-2-5-14(12,13)6-8/h8,10-11H,1-7H2. The van der Waals surface area contributed by atoms with Crippen LogP contribution in [0, 0.1) is 0 Å². The molecule has 2 rings (SSSR count). The summed E-state index contributed by atoms with van der Waals surface area (Å²) in [7, 11) is -2.80. The number of sulfone groups is 1. The third-order valence-corrected chi connectivity index (χ3v) is 5.12. The molecule has 1 saturated carbocycles. The molecule has 0 bridgehead atoms. The van der Waals surface area contributed by atoms with Crippen LogP contribution in [-0.2, 0) is 9.84 Å². The van der Waals surface area contributed by atoms with E-state index in [1.54, 1.807) is 0 Å². The molecule has 0 radical (unpaired) electrons. The second-order valence-electron chi connectivity index (χ2n) is 4.54. The van der Waals surface area contributed by atoms with Crippen LogP contribution in [0.1, 0.15) is 25.7 Å². The van der Waals surface area contributed by atoms with E-state index in [9.17, 15) is 13.5 Å². The van der Waals surface area contributed by atoms with Crippen molar-refractivity contribution in [2.45, 2.75) is 37.3 Å². The molecule has 0 aromatic rings. The molecule has 1 heterocycles. The van der Waals surface area contributed by atoms with Gasteiger partial charge >= 0.3 is 0 Å². The van der Waals surface area contributed by atoms with Crippen molar-refractivity contribution in [3.63, 3.8) is 0 Å². The molecule has 4 nitrogen and oxygen atoms in total. The van der Waals surface area contributed by atoms with Crippen molar-refractivity contribution in [2.24, 2.45) is 0 Å². The van der Waals surface area contributed by atoms with Gasteiger partial charge in [0.1, 0.15) is 0 Å². The molecule has 2 fully saturated rings. The number of nitrogens with one attached hydrogen (secondary N) is 1. The first-order valence-corrected chi connectivity index (χ1v) is 6.96. The van der Waals surface area contributed by atoms with Gasteiger partial charge in [0.2, 0.25) is 0 Å². The summed E-state index contributed by atoms with van der Waals surface area (Å²) >= 11 is 0. The Morgan fingerprint density at radius 2 is 2.14 bits per heavy atom. The first kappa shape index (κ1) is 10.4. The van der Waals surface area contributed by atoms with Gasteiger partial charge in [0.05, 0.1) is 18.1 Å². The van der Waals surface area contributed by atoms with Crippen molar-refractivity contribution in [3.8, 4) is 0 Å². The maximum atomic E-state index is 11.2. The minimum absolute atomic E-state index is 0.0625. The molecule has 1 aliphatic carbocycles. The Morgan fingerprint density at radius 1 is 1.43 bits per heavy atom. The number of aliphatic hydroxyl groups is 1. The third kappa shape index (κ3) is 1.94. The predicted octanol–water partition coefficient (Wildman–Crippen LogP) is -0.322. The lowest BCUT2D eigenvalue weighted by Crippen LogP contribution is -2.57. The lowest BCUT2D eigenvalue weighted by molar-refractivity contribution is 0.0796. The van der Waals surface area contributed by atoms with Crippen LogP contribution < -0.4 is 5.32 Å². The van der Waals surface area contributed by atoms with E-state index < -0.39 is 9.84 Å². The molecule has 1 unspecified atom stereocenters. The maximum absolute atomic E-state index is 11.2. The van der Waals surface area contributed by atoms with Gasteiger partial charge in [0.15, 0.2) is 9.84 Å². The molecule has 0 spiro atoms. The van der Waals surface area contributed by atoms with Crippen molar-refractivity contribution in [2.75, 3.05) is 18.1 Å². The average molecular weight is 219 g/mol. The molecule has 2 aliphatic rings. The molecule has 0 aromatic heterocycles. The molecule has 2 N–H and O–H groups in total. The quantitative estimate of drug-likeness (QED) is 0.682. The fraction of sp³-hybridized carbons (Fsp3) is 1.00. The van der Waals surface area contributed by atoms with Crippen LogP contribution in [0.25, 0.3) is 0 Å². The van der Waals surface area contributed by atoms with Gasteiger partial charge in [-0.2, -0.15) is 0 Å². The zero-order chi connectivity index (χ0) is 10.2. The maximum Gasteiger partial charge on any atom is 0.151 e. The molecule has 1 saturated heterocycles. The topological polar surface area (TPSA) is 66.4 Å². The molecule has 82 valence electrons. The molecule has 5 heteroatoms. The molecule has 0 aromatic carbocycles. The van der Waals surface area contributed by atoms with Gasteiger partial charge in [-0.3, -0.25) is 0 Å². The van der Waals surface area contributed by atoms with Crippen molar-refractivity contribution in [1.82, 2.24) is 5.32 Å². The Hall–Kier alpha value is -0.130. The SMILES string of the molecule is O=S1(=O)CCC(NC2(CO)CCC2)C1. The van der Waals surface area contributed by atoms with E-state index >= 15 is 0 Å². The zero-order valence-electron chi connectivity index (χ0n) is 8.20. The number of rotatable bonds is 3. The van der Waals surface area contributed by atoms with Crippen LogP contribution in [0.4, 0.5) is 0 Å². The molecule has 1 aliphatic heterocycles. The van der Waals surface area contributed by atoms with Gasteiger partial charge in [-0.05, 0) is 25.7 Å². The first-order valence-electron chi connectivity index (χ1n) is 5.14. The van der Waals surface area contributed by atoms with Crippen molar-refractivity contribution < 1.29 is 13.5 Å². The fourth-order valence-electron chi connectivity index (χ4n) is 2.29. The van der Waals surface area contributed by atoms with Crippen LogP contribution in [0.15, 0.2) is 0 Å². The zero-order valence-corrected chi connectivity index (χ0v) is 9.02. The van der Waals surface area contributed by atoms with Crippen molar-refractivity contribution in [3.05, 3.63) is 0 Å². The summed E-state index contributed by atoms with van der Waals surface area (Å²) in [6, 6.07) is 0.0625. The summed E-state index contributed by atoms with van der Waals surface area (Å²) in [4.78, 5) is 0. The lowest BCUT2D eigenvalue weighted by Gasteiger charge is -2.43. The Bertz CT molecular complexity index is 303. The molecular formula is C9H17NO3S. The fourth-order valence-corrected chi connectivity index (χ4v) is 3.97. The number of aliphatic hydroxyl groups excluding tert-OH is 1. The van der Waals surface area contributed by atoms with E-state index in [0.29, 0.717) is 12.2 Å². The third-order valence-electron chi connectivity index (χ3n) is 3.36. The highest BCUT2D eigenvalue weighted by molar-refractivity contribution is 7.91. The Kier molecular flexibility index (Phi) is 2.57. The van der Waals surface area contributed by atoms with E-state index in [-0.39, 0.29) is 23.9 Å². The molecule has 14 heavy (non-hydrogen) atoms. The van der Waals surface area contributed by atoms with Gasteiger partial charge < -0.3 is 10.4 Å². The average Bonchev–Trinajstić information content (AvgIpc) is 2.38. The van der Waals surface area contributed by atoms with Gasteiger partial charge in [-0.1, -0.05) is 0 Å².